The summed E-state index contributed by atoms with van der Waals surface area (Å²) in [5.41, 5.74) is 0.355. The molecule has 0 saturated carbocycles. The Morgan fingerprint density at radius 3 is 2.74 bits per heavy atom. The van der Waals surface area contributed by atoms with Crippen LogP contribution < -0.4 is 25.8 Å². The van der Waals surface area contributed by atoms with Crippen molar-refractivity contribution in [1.29, 1.82) is 0 Å². The first kappa shape index (κ1) is 20.9. The standard InChI is InChI=1S/C22H27N5O4/c1-3-14-6-4-5-11-27(14)22-25-19-18(21(30)26-22)16(12-17(28)24-19)20(29)23-13-7-9-15(31-2)10-8-13/h7-10,14,16H,3-6,11-12H2,1-2H3,(H,23,29)(H2,24,25,26,28,30)/t14-,16+/m1/s1. The van der Waals surface area contributed by atoms with E-state index in [2.05, 4.69) is 32.4 Å². The van der Waals surface area contributed by atoms with Crippen molar-refractivity contribution in [3.63, 3.8) is 0 Å². The molecule has 1 saturated heterocycles. The van der Waals surface area contributed by atoms with E-state index in [0.717, 1.165) is 32.2 Å². The van der Waals surface area contributed by atoms with Crippen molar-refractivity contribution < 1.29 is 14.3 Å². The zero-order valence-electron chi connectivity index (χ0n) is 17.7. The lowest BCUT2D eigenvalue weighted by molar-refractivity contribution is -0.123. The van der Waals surface area contributed by atoms with Crippen LogP contribution in [-0.4, -0.2) is 41.5 Å². The molecule has 0 bridgehead atoms. The number of carbonyl (C=O) groups is 2. The van der Waals surface area contributed by atoms with E-state index >= 15 is 0 Å². The number of nitrogens with one attached hydrogen (secondary N) is 3. The number of aromatic amines is 1. The van der Waals surface area contributed by atoms with Gasteiger partial charge in [-0.15, -0.1) is 0 Å². The predicted octanol–water partition coefficient (Wildman–Crippen LogP) is 2.61. The number of fused-ring (bicyclic) bond motifs is 1. The molecule has 9 heteroatoms. The first-order chi connectivity index (χ1) is 15.0. The van der Waals surface area contributed by atoms with E-state index in [-0.39, 0.29) is 23.7 Å². The third-order valence-electron chi connectivity index (χ3n) is 5.98. The van der Waals surface area contributed by atoms with Gasteiger partial charge in [-0.1, -0.05) is 6.92 Å². The van der Waals surface area contributed by atoms with Gasteiger partial charge in [0.25, 0.3) is 5.56 Å². The second kappa shape index (κ2) is 8.79. The predicted molar refractivity (Wildman–Crippen MR) is 118 cm³/mol. The molecule has 0 spiro atoms. The van der Waals surface area contributed by atoms with Crippen molar-refractivity contribution >= 4 is 29.3 Å². The van der Waals surface area contributed by atoms with Crippen LogP contribution in [0.5, 0.6) is 5.75 Å². The number of amides is 2. The maximum Gasteiger partial charge on any atom is 0.258 e. The number of rotatable bonds is 5. The summed E-state index contributed by atoms with van der Waals surface area (Å²) < 4.78 is 5.12. The summed E-state index contributed by atoms with van der Waals surface area (Å²) in [6.45, 7) is 2.91. The largest absolute Gasteiger partial charge is 0.497 e. The van der Waals surface area contributed by atoms with Crippen molar-refractivity contribution in [3.8, 4) is 5.75 Å². The van der Waals surface area contributed by atoms with Crippen LogP contribution >= 0.6 is 0 Å². The lowest BCUT2D eigenvalue weighted by Crippen LogP contribution is -2.43. The quantitative estimate of drug-likeness (QED) is 0.678. The second-order valence-corrected chi connectivity index (χ2v) is 7.93. The molecule has 31 heavy (non-hydrogen) atoms. The Labute approximate surface area is 180 Å². The van der Waals surface area contributed by atoms with Crippen LogP contribution in [0.2, 0.25) is 0 Å². The molecule has 164 valence electrons. The summed E-state index contributed by atoms with van der Waals surface area (Å²) in [5.74, 6) is -0.393. The second-order valence-electron chi connectivity index (χ2n) is 7.93. The summed E-state index contributed by atoms with van der Waals surface area (Å²) >= 11 is 0. The molecule has 0 unspecified atom stereocenters. The maximum atomic E-state index is 13.0. The van der Waals surface area contributed by atoms with Crippen LogP contribution in [0.25, 0.3) is 0 Å². The van der Waals surface area contributed by atoms with Crippen LogP contribution in [0.4, 0.5) is 17.5 Å². The van der Waals surface area contributed by atoms with Crippen LogP contribution in [0.15, 0.2) is 29.1 Å². The van der Waals surface area contributed by atoms with Crippen molar-refractivity contribution in [3.05, 3.63) is 40.2 Å². The van der Waals surface area contributed by atoms with Crippen molar-refractivity contribution in [1.82, 2.24) is 9.97 Å². The van der Waals surface area contributed by atoms with Crippen LogP contribution in [0.1, 0.15) is 50.5 Å². The Morgan fingerprint density at radius 1 is 1.26 bits per heavy atom. The normalized spacial score (nSPS) is 20.6. The number of piperidine rings is 1. The molecule has 2 atom stereocenters. The number of nitrogens with zero attached hydrogens (tertiary/aromatic N) is 2. The molecule has 2 aliphatic rings. The highest BCUT2D eigenvalue weighted by molar-refractivity contribution is 6.04. The molecule has 3 N–H and O–H groups in total. The highest BCUT2D eigenvalue weighted by Gasteiger charge is 2.35. The number of hydrogen-bond donors (Lipinski definition) is 3. The lowest BCUT2D eigenvalue weighted by atomic mass is 9.92. The van der Waals surface area contributed by atoms with Gasteiger partial charge in [-0.2, -0.15) is 4.98 Å². The van der Waals surface area contributed by atoms with Gasteiger partial charge >= 0.3 is 0 Å². The zero-order valence-corrected chi connectivity index (χ0v) is 17.7. The molecule has 1 aromatic carbocycles. The Kier molecular flexibility index (Phi) is 5.92. The molecule has 4 rings (SSSR count). The van der Waals surface area contributed by atoms with E-state index in [4.69, 9.17) is 4.74 Å². The average Bonchev–Trinajstić information content (AvgIpc) is 2.78. The van der Waals surface area contributed by atoms with E-state index in [1.807, 2.05) is 0 Å². The number of aromatic nitrogens is 2. The van der Waals surface area contributed by atoms with Gasteiger partial charge in [0.15, 0.2) is 0 Å². The Hall–Kier alpha value is -3.36. The van der Waals surface area contributed by atoms with Gasteiger partial charge in [0.2, 0.25) is 17.8 Å². The van der Waals surface area contributed by atoms with Crippen molar-refractivity contribution in [2.75, 3.05) is 29.2 Å². The molecule has 3 heterocycles. The summed E-state index contributed by atoms with van der Waals surface area (Å²) in [4.78, 5) is 47.8. The molecule has 1 fully saturated rings. The van der Waals surface area contributed by atoms with Crippen LogP contribution in [0.3, 0.4) is 0 Å². The smallest absolute Gasteiger partial charge is 0.258 e. The van der Waals surface area contributed by atoms with Gasteiger partial charge in [0.05, 0.1) is 18.6 Å². The highest BCUT2D eigenvalue weighted by Crippen LogP contribution is 2.32. The van der Waals surface area contributed by atoms with Gasteiger partial charge in [-0.05, 0) is 49.9 Å². The van der Waals surface area contributed by atoms with Crippen molar-refractivity contribution in [2.45, 2.75) is 51.0 Å². The SMILES string of the molecule is CC[C@@H]1CCCCN1c1nc2c(c(=O)[nH]1)[C@@H](C(=O)Nc1ccc(OC)cc1)CC(=O)N2. The number of carbonyl (C=O) groups excluding carboxylic acids is 2. The number of anilines is 3. The molecular formula is C22H27N5O4. The zero-order chi connectivity index (χ0) is 22.0. The topological polar surface area (TPSA) is 116 Å². The van der Waals surface area contributed by atoms with Crippen LogP contribution in [0, 0.1) is 0 Å². The third-order valence-corrected chi connectivity index (χ3v) is 5.98. The Balaban J connectivity index is 1.63. The highest BCUT2D eigenvalue weighted by atomic mass is 16.5. The van der Waals surface area contributed by atoms with Gasteiger partial charge < -0.3 is 20.3 Å². The number of methoxy groups -OCH3 is 1. The Morgan fingerprint density at radius 2 is 2.03 bits per heavy atom. The molecular weight excluding hydrogens is 398 g/mol. The first-order valence-electron chi connectivity index (χ1n) is 10.7. The summed E-state index contributed by atoms with van der Waals surface area (Å²) in [6, 6.07) is 7.14. The average molecular weight is 425 g/mol. The molecule has 9 nitrogen and oxygen atoms in total. The van der Waals surface area contributed by atoms with Gasteiger partial charge in [0.1, 0.15) is 11.6 Å². The molecule has 0 aliphatic carbocycles. The van der Waals surface area contributed by atoms with Crippen LogP contribution in [-0.2, 0) is 9.59 Å². The van der Waals surface area contributed by atoms with E-state index in [1.165, 1.54) is 0 Å². The van der Waals surface area contributed by atoms with E-state index in [0.29, 0.717) is 23.4 Å². The molecule has 1 aromatic heterocycles. The lowest BCUT2D eigenvalue weighted by Gasteiger charge is -2.36. The van der Waals surface area contributed by atoms with E-state index < -0.39 is 17.4 Å². The first-order valence-corrected chi connectivity index (χ1v) is 10.7. The third kappa shape index (κ3) is 4.26. The maximum absolute atomic E-state index is 13.0. The number of hydrogen-bond acceptors (Lipinski definition) is 6. The minimum atomic E-state index is -0.917. The minimum Gasteiger partial charge on any atom is -0.497 e. The summed E-state index contributed by atoms with van der Waals surface area (Å²) in [6.07, 6.45) is 4.04. The van der Waals surface area contributed by atoms with E-state index in [9.17, 15) is 14.4 Å². The Bertz CT molecular complexity index is 1030. The molecule has 2 aromatic rings. The van der Waals surface area contributed by atoms with E-state index in [1.54, 1.807) is 31.4 Å². The fourth-order valence-corrected chi connectivity index (χ4v) is 4.33. The summed E-state index contributed by atoms with van der Waals surface area (Å²) in [5, 5.41) is 5.46. The molecule has 2 amide bonds. The number of H-pyrrole nitrogens is 1. The molecule has 2 aliphatic heterocycles. The minimum absolute atomic E-state index is 0.111. The van der Waals surface area contributed by atoms with Gasteiger partial charge in [0, 0.05) is 24.7 Å². The van der Waals surface area contributed by atoms with Gasteiger partial charge in [-0.3, -0.25) is 19.4 Å². The van der Waals surface area contributed by atoms with Crippen molar-refractivity contribution in [2.24, 2.45) is 0 Å². The fourth-order valence-electron chi connectivity index (χ4n) is 4.33. The number of benzene rings is 1. The number of ether oxygens (including phenoxy) is 1. The summed E-state index contributed by atoms with van der Waals surface area (Å²) in [7, 11) is 1.56. The molecule has 0 radical (unpaired) electrons. The monoisotopic (exact) mass is 425 g/mol. The fraction of sp³-hybridized carbons (Fsp3) is 0.455. The van der Waals surface area contributed by atoms with Gasteiger partial charge in [-0.25, -0.2) is 0 Å².